The summed E-state index contributed by atoms with van der Waals surface area (Å²) in [5, 5.41) is 10.2. The van der Waals surface area contributed by atoms with E-state index in [1.165, 1.54) is 0 Å². The van der Waals surface area contributed by atoms with Gasteiger partial charge in [0.15, 0.2) is 0 Å². The van der Waals surface area contributed by atoms with E-state index in [0.717, 1.165) is 11.4 Å². The molecule has 0 aliphatic rings. The smallest absolute Gasteiger partial charge is 0.0651 e. The fraction of sp³-hybridized carbons (Fsp3) is 0.182. The largest absolute Gasteiger partial charge is 0.377 e. The zero-order valence-corrected chi connectivity index (χ0v) is 8.07. The molecule has 0 aliphatic heterocycles. The monoisotopic (exact) mass is 187 g/mol. The molecule has 2 rings (SSSR count). The van der Waals surface area contributed by atoms with Crippen molar-refractivity contribution in [3.63, 3.8) is 0 Å². The first-order chi connectivity index (χ1) is 6.86. The highest BCUT2D eigenvalue weighted by Crippen LogP contribution is 2.16. The van der Waals surface area contributed by atoms with Gasteiger partial charge in [-0.2, -0.15) is 5.10 Å². The van der Waals surface area contributed by atoms with Crippen molar-refractivity contribution < 1.29 is 0 Å². The van der Waals surface area contributed by atoms with E-state index < -0.39 is 0 Å². The predicted octanol–water partition coefficient (Wildman–Crippen LogP) is 2.58. The summed E-state index contributed by atoms with van der Waals surface area (Å²) in [7, 11) is 0. The molecule has 14 heavy (non-hydrogen) atoms. The molecule has 3 heteroatoms. The third kappa shape index (κ3) is 1.93. The van der Waals surface area contributed by atoms with E-state index in [0.29, 0.717) is 0 Å². The second kappa shape index (κ2) is 3.96. The quantitative estimate of drug-likeness (QED) is 0.775. The Labute approximate surface area is 83.2 Å². The van der Waals surface area contributed by atoms with E-state index in [-0.39, 0.29) is 6.04 Å². The van der Waals surface area contributed by atoms with E-state index in [1.807, 2.05) is 36.4 Å². The van der Waals surface area contributed by atoms with Crippen LogP contribution < -0.4 is 5.32 Å². The number of H-pyrrole nitrogens is 1. The van der Waals surface area contributed by atoms with Crippen LogP contribution in [0.5, 0.6) is 0 Å². The number of anilines is 1. The maximum Gasteiger partial charge on any atom is 0.0651 e. The second-order valence-corrected chi connectivity index (χ2v) is 3.24. The Kier molecular flexibility index (Phi) is 2.49. The lowest BCUT2D eigenvalue weighted by Crippen LogP contribution is -2.06. The Balaban J connectivity index is 2.06. The fourth-order valence-corrected chi connectivity index (χ4v) is 1.37. The van der Waals surface area contributed by atoms with Crippen LogP contribution in [-0.4, -0.2) is 10.2 Å². The van der Waals surface area contributed by atoms with Crippen LogP contribution in [0.1, 0.15) is 18.7 Å². The van der Waals surface area contributed by atoms with Gasteiger partial charge in [0.25, 0.3) is 0 Å². The number of rotatable bonds is 3. The van der Waals surface area contributed by atoms with Crippen molar-refractivity contribution >= 4 is 5.69 Å². The summed E-state index contributed by atoms with van der Waals surface area (Å²) >= 11 is 0. The summed E-state index contributed by atoms with van der Waals surface area (Å²) < 4.78 is 0. The van der Waals surface area contributed by atoms with Crippen molar-refractivity contribution in [1.29, 1.82) is 0 Å². The molecule has 1 heterocycles. The first-order valence-corrected chi connectivity index (χ1v) is 4.67. The SMILES string of the molecule is CC(Nc1ccccc1)c1ccn[nH]1. The molecule has 1 aromatic heterocycles. The number of nitrogens with one attached hydrogen (secondary N) is 2. The molecule has 0 aliphatic carbocycles. The number of benzene rings is 1. The molecular formula is C11H13N3. The minimum absolute atomic E-state index is 0.250. The zero-order chi connectivity index (χ0) is 9.80. The topological polar surface area (TPSA) is 40.7 Å². The van der Waals surface area contributed by atoms with Gasteiger partial charge in [-0.25, -0.2) is 0 Å². The predicted molar refractivity (Wildman–Crippen MR) is 57.1 cm³/mol. The number of hydrogen-bond donors (Lipinski definition) is 2. The molecule has 1 atom stereocenters. The van der Waals surface area contributed by atoms with E-state index in [2.05, 4.69) is 22.4 Å². The number of aromatic nitrogens is 2. The number of aromatic amines is 1. The molecule has 0 bridgehead atoms. The van der Waals surface area contributed by atoms with Gasteiger partial charge in [0.2, 0.25) is 0 Å². The van der Waals surface area contributed by atoms with Gasteiger partial charge in [0.05, 0.1) is 11.7 Å². The van der Waals surface area contributed by atoms with E-state index in [9.17, 15) is 0 Å². The van der Waals surface area contributed by atoms with Crippen LogP contribution in [0, 0.1) is 0 Å². The number of nitrogens with zero attached hydrogens (tertiary/aromatic N) is 1. The minimum atomic E-state index is 0.250. The van der Waals surface area contributed by atoms with Crippen LogP contribution >= 0.6 is 0 Å². The van der Waals surface area contributed by atoms with E-state index in [1.54, 1.807) is 6.20 Å². The average molecular weight is 187 g/mol. The van der Waals surface area contributed by atoms with Crippen LogP contribution in [0.4, 0.5) is 5.69 Å². The lowest BCUT2D eigenvalue weighted by molar-refractivity contribution is 0.826. The summed E-state index contributed by atoms with van der Waals surface area (Å²) in [6, 6.07) is 12.4. The van der Waals surface area contributed by atoms with Gasteiger partial charge in [0, 0.05) is 11.9 Å². The fourth-order valence-electron chi connectivity index (χ4n) is 1.37. The maximum absolute atomic E-state index is 3.92. The molecule has 2 aromatic rings. The lowest BCUT2D eigenvalue weighted by Gasteiger charge is -2.12. The number of para-hydroxylation sites is 1. The highest BCUT2D eigenvalue weighted by molar-refractivity contribution is 5.44. The van der Waals surface area contributed by atoms with Gasteiger partial charge in [0.1, 0.15) is 0 Å². The van der Waals surface area contributed by atoms with Crippen LogP contribution in [0.3, 0.4) is 0 Å². The normalized spacial score (nSPS) is 12.4. The third-order valence-electron chi connectivity index (χ3n) is 2.15. The number of hydrogen-bond acceptors (Lipinski definition) is 2. The van der Waals surface area contributed by atoms with Crippen LogP contribution in [0.25, 0.3) is 0 Å². The lowest BCUT2D eigenvalue weighted by atomic mass is 10.2. The molecule has 0 saturated heterocycles. The van der Waals surface area contributed by atoms with Crippen molar-refractivity contribution in [1.82, 2.24) is 10.2 Å². The van der Waals surface area contributed by atoms with Gasteiger partial charge < -0.3 is 5.32 Å². The third-order valence-corrected chi connectivity index (χ3v) is 2.15. The maximum atomic E-state index is 3.92. The van der Waals surface area contributed by atoms with Crippen molar-refractivity contribution in [2.24, 2.45) is 0 Å². The highest BCUT2D eigenvalue weighted by atomic mass is 15.1. The van der Waals surface area contributed by atoms with Crippen LogP contribution in [0.15, 0.2) is 42.6 Å². The Morgan fingerprint density at radius 1 is 1.21 bits per heavy atom. The molecule has 0 saturated carbocycles. The Bertz CT molecular complexity index is 367. The van der Waals surface area contributed by atoms with E-state index >= 15 is 0 Å². The second-order valence-electron chi connectivity index (χ2n) is 3.24. The van der Waals surface area contributed by atoms with Gasteiger partial charge in [-0.1, -0.05) is 18.2 Å². The van der Waals surface area contributed by atoms with Gasteiger partial charge in [-0.15, -0.1) is 0 Å². The van der Waals surface area contributed by atoms with Crippen molar-refractivity contribution in [3.05, 3.63) is 48.3 Å². The van der Waals surface area contributed by atoms with Crippen molar-refractivity contribution in [2.75, 3.05) is 5.32 Å². The molecule has 0 spiro atoms. The van der Waals surface area contributed by atoms with Gasteiger partial charge in [-0.05, 0) is 25.1 Å². The Morgan fingerprint density at radius 3 is 2.64 bits per heavy atom. The first-order valence-electron chi connectivity index (χ1n) is 4.67. The minimum Gasteiger partial charge on any atom is -0.377 e. The average Bonchev–Trinajstić information content (AvgIpc) is 2.72. The molecule has 1 unspecified atom stereocenters. The summed E-state index contributed by atoms with van der Waals surface area (Å²) in [6.07, 6.45) is 1.76. The molecule has 1 aromatic carbocycles. The molecule has 72 valence electrons. The van der Waals surface area contributed by atoms with Crippen molar-refractivity contribution in [3.8, 4) is 0 Å². The molecule has 0 amide bonds. The standard InChI is InChI=1S/C11H13N3/c1-9(11-7-8-12-14-11)13-10-5-3-2-4-6-10/h2-9,13H,1H3,(H,12,14). The molecule has 0 fully saturated rings. The van der Waals surface area contributed by atoms with Crippen molar-refractivity contribution in [2.45, 2.75) is 13.0 Å². The van der Waals surface area contributed by atoms with Crippen LogP contribution in [0.2, 0.25) is 0 Å². The summed E-state index contributed by atoms with van der Waals surface area (Å²) in [6.45, 7) is 2.10. The highest BCUT2D eigenvalue weighted by Gasteiger charge is 2.04. The van der Waals surface area contributed by atoms with E-state index in [4.69, 9.17) is 0 Å². The molecule has 2 N–H and O–H groups in total. The first kappa shape index (κ1) is 8.81. The van der Waals surface area contributed by atoms with Crippen LogP contribution in [-0.2, 0) is 0 Å². The molecule has 0 radical (unpaired) electrons. The molecule has 3 nitrogen and oxygen atoms in total. The van der Waals surface area contributed by atoms with Gasteiger partial charge in [-0.3, -0.25) is 5.10 Å². The Hall–Kier alpha value is -1.77. The Morgan fingerprint density at radius 2 is 2.00 bits per heavy atom. The summed E-state index contributed by atoms with van der Waals surface area (Å²) in [4.78, 5) is 0. The summed E-state index contributed by atoms with van der Waals surface area (Å²) in [5.74, 6) is 0. The zero-order valence-electron chi connectivity index (χ0n) is 8.07. The molecular weight excluding hydrogens is 174 g/mol. The van der Waals surface area contributed by atoms with Gasteiger partial charge >= 0.3 is 0 Å². The summed E-state index contributed by atoms with van der Waals surface area (Å²) in [5.41, 5.74) is 2.21.